The summed E-state index contributed by atoms with van der Waals surface area (Å²) in [5.74, 6) is 0.441. The van der Waals surface area contributed by atoms with E-state index >= 15 is 0 Å². The summed E-state index contributed by atoms with van der Waals surface area (Å²) in [6.07, 6.45) is 6.32. The lowest BCUT2D eigenvalue weighted by molar-refractivity contribution is -0.135. The maximum absolute atomic E-state index is 14.0. The summed E-state index contributed by atoms with van der Waals surface area (Å²) in [6.45, 7) is 2.53. The fourth-order valence-electron chi connectivity index (χ4n) is 5.66. The first-order valence-electron chi connectivity index (χ1n) is 12.9. The Morgan fingerprint density at radius 3 is 2.47 bits per heavy atom. The van der Waals surface area contributed by atoms with Crippen LogP contribution in [0.3, 0.4) is 0 Å². The average Bonchev–Trinajstić information content (AvgIpc) is 3.15. The molecule has 7 heteroatoms. The van der Waals surface area contributed by atoms with Crippen molar-refractivity contribution in [1.82, 2.24) is 20.0 Å². The Balaban J connectivity index is 1.49. The molecular weight excluding hydrogens is 452 g/mol. The van der Waals surface area contributed by atoms with Crippen LogP contribution in [0.5, 0.6) is 5.75 Å². The van der Waals surface area contributed by atoms with Crippen LogP contribution < -0.4 is 10.1 Å². The predicted molar refractivity (Wildman–Crippen MR) is 139 cm³/mol. The van der Waals surface area contributed by atoms with Gasteiger partial charge >= 0.3 is 0 Å². The second kappa shape index (κ2) is 10.2. The van der Waals surface area contributed by atoms with Gasteiger partial charge in [0.1, 0.15) is 17.0 Å². The quantitative estimate of drug-likeness (QED) is 0.507. The largest absolute Gasteiger partial charge is 0.496 e. The zero-order valence-corrected chi connectivity index (χ0v) is 21.1. The number of para-hydroxylation sites is 1. The van der Waals surface area contributed by atoms with Gasteiger partial charge in [-0.25, -0.2) is 0 Å². The van der Waals surface area contributed by atoms with Crippen molar-refractivity contribution in [3.05, 3.63) is 71.9 Å². The van der Waals surface area contributed by atoms with Crippen molar-refractivity contribution in [3.8, 4) is 17.0 Å². The number of rotatable bonds is 6. The third kappa shape index (κ3) is 4.50. The molecule has 5 rings (SSSR count). The van der Waals surface area contributed by atoms with Crippen LogP contribution in [0.2, 0.25) is 0 Å². The molecule has 1 atom stereocenters. The number of hydrogen-bond donors (Lipinski definition) is 1. The molecule has 2 aliphatic rings. The maximum atomic E-state index is 14.0. The average molecular weight is 487 g/mol. The third-order valence-electron chi connectivity index (χ3n) is 7.59. The van der Waals surface area contributed by atoms with Crippen LogP contribution in [0.1, 0.15) is 61.5 Å². The van der Waals surface area contributed by atoms with Crippen LogP contribution in [0.15, 0.2) is 60.7 Å². The van der Waals surface area contributed by atoms with Crippen LogP contribution >= 0.6 is 0 Å². The molecule has 1 aliphatic heterocycles. The standard InChI is InChI=1S/C29H34N4O3/c1-29(28(35)30-19-22-14-10-11-17-26(22)36-2)20-32-25(18-24(31-32)21-12-6-5-7-13-21)27(34)33(29)23-15-8-3-4-9-16-23/h5-7,10-14,17-18,23H,3-4,8-9,15-16,19-20H2,1-2H3,(H,30,35)/t29-/m1/s1. The fourth-order valence-corrected chi connectivity index (χ4v) is 5.66. The number of nitrogens with zero attached hydrogens (tertiary/aromatic N) is 3. The lowest BCUT2D eigenvalue weighted by Gasteiger charge is -2.47. The van der Waals surface area contributed by atoms with Crippen molar-refractivity contribution in [2.75, 3.05) is 7.11 Å². The molecule has 2 aromatic carbocycles. The topological polar surface area (TPSA) is 76.5 Å². The molecule has 7 nitrogen and oxygen atoms in total. The van der Waals surface area contributed by atoms with E-state index in [4.69, 9.17) is 9.84 Å². The molecule has 1 saturated carbocycles. The summed E-state index contributed by atoms with van der Waals surface area (Å²) in [4.78, 5) is 29.8. The van der Waals surface area contributed by atoms with Crippen LogP contribution in [-0.2, 0) is 17.9 Å². The van der Waals surface area contributed by atoms with Gasteiger partial charge in [0.15, 0.2) is 0 Å². The molecule has 1 aliphatic carbocycles. The van der Waals surface area contributed by atoms with E-state index < -0.39 is 5.54 Å². The molecule has 0 unspecified atom stereocenters. The Morgan fingerprint density at radius 1 is 1.06 bits per heavy atom. The highest BCUT2D eigenvalue weighted by Crippen LogP contribution is 2.35. The van der Waals surface area contributed by atoms with Gasteiger partial charge in [0.25, 0.3) is 5.91 Å². The van der Waals surface area contributed by atoms with Gasteiger partial charge in [-0.2, -0.15) is 5.10 Å². The Labute approximate surface area is 212 Å². The number of aromatic nitrogens is 2. The van der Waals surface area contributed by atoms with Gasteiger partial charge in [-0.1, -0.05) is 74.2 Å². The van der Waals surface area contributed by atoms with E-state index in [9.17, 15) is 9.59 Å². The molecule has 0 radical (unpaired) electrons. The smallest absolute Gasteiger partial charge is 0.273 e. The molecule has 188 valence electrons. The lowest BCUT2D eigenvalue weighted by Crippen LogP contribution is -2.66. The van der Waals surface area contributed by atoms with Crippen molar-refractivity contribution >= 4 is 11.8 Å². The molecule has 2 amide bonds. The molecule has 1 fully saturated rings. The summed E-state index contributed by atoms with van der Waals surface area (Å²) in [6, 6.07) is 19.4. The second-order valence-electron chi connectivity index (χ2n) is 10.0. The summed E-state index contributed by atoms with van der Waals surface area (Å²) < 4.78 is 7.18. The highest BCUT2D eigenvalue weighted by molar-refractivity contribution is 6.00. The normalized spacial score (nSPS) is 20.5. The first-order valence-corrected chi connectivity index (χ1v) is 12.9. The fraction of sp³-hybridized carbons (Fsp3) is 0.414. The number of benzene rings is 2. The molecule has 36 heavy (non-hydrogen) atoms. The number of fused-ring (bicyclic) bond motifs is 1. The van der Waals surface area contributed by atoms with Crippen molar-refractivity contribution in [2.45, 2.75) is 70.1 Å². The van der Waals surface area contributed by atoms with Crippen LogP contribution in [0.25, 0.3) is 11.3 Å². The van der Waals surface area contributed by atoms with Crippen molar-refractivity contribution < 1.29 is 14.3 Å². The zero-order chi connectivity index (χ0) is 25.1. The molecule has 1 N–H and O–H groups in total. The van der Waals surface area contributed by atoms with E-state index in [1.807, 2.05) is 72.5 Å². The van der Waals surface area contributed by atoms with E-state index in [1.54, 1.807) is 11.8 Å². The number of amides is 2. The first kappa shape index (κ1) is 24.1. The number of ether oxygens (including phenoxy) is 1. The number of carbonyl (C=O) groups is 2. The van der Waals surface area contributed by atoms with Gasteiger partial charge in [0.05, 0.1) is 19.3 Å². The van der Waals surface area contributed by atoms with Gasteiger partial charge in [-0.05, 0) is 31.9 Å². The summed E-state index contributed by atoms with van der Waals surface area (Å²) in [5, 5.41) is 7.87. The van der Waals surface area contributed by atoms with E-state index in [-0.39, 0.29) is 17.9 Å². The van der Waals surface area contributed by atoms with Crippen LogP contribution in [-0.4, -0.2) is 45.2 Å². The zero-order valence-electron chi connectivity index (χ0n) is 21.1. The first-order chi connectivity index (χ1) is 17.5. The Kier molecular flexibility index (Phi) is 6.81. The second-order valence-corrected chi connectivity index (χ2v) is 10.0. The minimum absolute atomic E-state index is 0.0332. The molecule has 0 saturated heterocycles. The van der Waals surface area contributed by atoms with Crippen LogP contribution in [0, 0.1) is 0 Å². The van der Waals surface area contributed by atoms with Gasteiger partial charge in [0.2, 0.25) is 5.91 Å². The van der Waals surface area contributed by atoms with Gasteiger partial charge in [-0.15, -0.1) is 0 Å². The van der Waals surface area contributed by atoms with Crippen LogP contribution in [0.4, 0.5) is 0 Å². The van der Waals surface area contributed by atoms with E-state index in [0.717, 1.165) is 48.3 Å². The predicted octanol–water partition coefficient (Wildman–Crippen LogP) is 4.81. The van der Waals surface area contributed by atoms with Crippen molar-refractivity contribution in [3.63, 3.8) is 0 Å². The monoisotopic (exact) mass is 486 g/mol. The lowest BCUT2D eigenvalue weighted by atomic mass is 9.90. The number of nitrogens with one attached hydrogen (secondary N) is 1. The minimum Gasteiger partial charge on any atom is -0.496 e. The third-order valence-corrected chi connectivity index (χ3v) is 7.59. The Hall–Kier alpha value is -3.61. The number of carbonyl (C=O) groups excluding carboxylic acids is 2. The van der Waals surface area contributed by atoms with Gasteiger partial charge in [-0.3, -0.25) is 14.3 Å². The molecule has 2 heterocycles. The highest BCUT2D eigenvalue weighted by Gasteiger charge is 2.50. The van der Waals surface area contributed by atoms with Gasteiger partial charge in [0, 0.05) is 23.7 Å². The van der Waals surface area contributed by atoms with Gasteiger partial charge < -0.3 is 15.0 Å². The summed E-state index contributed by atoms with van der Waals surface area (Å²) >= 11 is 0. The molecule has 0 spiro atoms. The summed E-state index contributed by atoms with van der Waals surface area (Å²) in [5.41, 5.74) is 2.09. The van der Waals surface area contributed by atoms with Crippen molar-refractivity contribution in [1.29, 1.82) is 0 Å². The Bertz CT molecular complexity index is 1230. The number of hydrogen-bond acceptors (Lipinski definition) is 4. The maximum Gasteiger partial charge on any atom is 0.273 e. The summed E-state index contributed by atoms with van der Waals surface area (Å²) in [7, 11) is 1.62. The van der Waals surface area contributed by atoms with Crippen molar-refractivity contribution in [2.24, 2.45) is 0 Å². The molecular formula is C29H34N4O3. The molecule has 3 aromatic rings. The molecule has 0 bridgehead atoms. The highest BCUT2D eigenvalue weighted by atomic mass is 16.5. The molecule has 1 aromatic heterocycles. The van der Waals surface area contributed by atoms with E-state index in [2.05, 4.69) is 5.32 Å². The number of methoxy groups -OCH3 is 1. The van der Waals surface area contributed by atoms with E-state index in [0.29, 0.717) is 18.8 Å². The van der Waals surface area contributed by atoms with E-state index in [1.165, 1.54) is 12.8 Å². The SMILES string of the molecule is COc1ccccc1CNC(=O)[C@@]1(C)Cn2nc(-c3ccccc3)cc2C(=O)N1C1CCCCCC1. The Morgan fingerprint density at radius 2 is 1.75 bits per heavy atom. The minimum atomic E-state index is -1.05.